The summed E-state index contributed by atoms with van der Waals surface area (Å²) in [5, 5.41) is 22.8. The molecule has 2 aromatic rings. The summed E-state index contributed by atoms with van der Waals surface area (Å²) in [5.41, 5.74) is 2.00. The number of phenols is 1. The minimum Gasteiger partial charge on any atom is -0.508 e. The van der Waals surface area contributed by atoms with Gasteiger partial charge in [0.25, 0.3) is 0 Å². The molecule has 2 rings (SSSR count). The van der Waals surface area contributed by atoms with Crippen LogP contribution in [-0.2, 0) is 6.42 Å². The number of hydrogen-bond donors (Lipinski definition) is 3. The zero-order chi connectivity index (χ0) is 14.4. The normalized spacial score (nSPS) is 13.9. The van der Waals surface area contributed by atoms with Crippen LogP contribution in [0.2, 0.25) is 0 Å². The average Bonchev–Trinajstić information content (AvgIpc) is 2.46. The molecule has 106 valence electrons. The summed E-state index contributed by atoms with van der Waals surface area (Å²) < 4.78 is 0. The Morgan fingerprint density at radius 2 is 1.80 bits per heavy atom. The molecule has 3 heteroatoms. The molecule has 0 fully saturated rings. The summed E-state index contributed by atoms with van der Waals surface area (Å²) in [4.78, 5) is 0. The van der Waals surface area contributed by atoms with E-state index in [9.17, 15) is 10.2 Å². The van der Waals surface area contributed by atoms with Crippen LogP contribution in [-0.4, -0.2) is 22.8 Å². The highest BCUT2D eigenvalue weighted by molar-refractivity contribution is 5.28. The molecule has 0 aliphatic rings. The minimum atomic E-state index is -0.611. The van der Waals surface area contributed by atoms with Gasteiger partial charge in [0.1, 0.15) is 5.75 Å². The van der Waals surface area contributed by atoms with E-state index in [0.717, 1.165) is 12.0 Å². The van der Waals surface area contributed by atoms with Crippen LogP contribution in [0.4, 0.5) is 0 Å². The summed E-state index contributed by atoms with van der Waals surface area (Å²) in [7, 11) is 0. The lowest BCUT2D eigenvalue weighted by atomic mass is 10.1. The topological polar surface area (TPSA) is 52.5 Å². The summed E-state index contributed by atoms with van der Waals surface area (Å²) in [6.07, 6.45) is 0.313. The van der Waals surface area contributed by atoms with Crippen LogP contribution in [0, 0.1) is 0 Å². The number of aliphatic hydroxyl groups is 1. The predicted molar refractivity (Wildman–Crippen MR) is 80.7 cm³/mol. The molecule has 0 heterocycles. The Morgan fingerprint density at radius 3 is 2.50 bits per heavy atom. The number of aliphatic hydroxyl groups excluding tert-OH is 1. The van der Waals surface area contributed by atoms with E-state index >= 15 is 0 Å². The number of aromatic hydroxyl groups is 1. The lowest BCUT2D eigenvalue weighted by Gasteiger charge is -2.17. The van der Waals surface area contributed by atoms with E-state index in [2.05, 4.69) is 24.4 Å². The first kappa shape index (κ1) is 14.6. The van der Waals surface area contributed by atoms with Gasteiger partial charge >= 0.3 is 0 Å². The van der Waals surface area contributed by atoms with Gasteiger partial charge in [0, 0.05) is 12.6 Å². The van der Waals surface area contributed by atoms with Gasteiger partial charge in [-0.15, -0.1) is 0 Å². The van der Waals surface area contributed by atoms with Crippen LogP contribution >= 0.6 is 0 Å². The van der Waals surface area contributed by atoms with Gasteiger partial charge in [0.15, 0.2) is 0 Å². The van der Waals surface area contributed by atoms with Crippen LogP contribution < -0.4 is 5.32 Å². The molecule has 0 aromatic heterocycles. The number of benzene rings is 2. The number of rotatable bonds is 6. The maximum atomic E-state index is 10.1. The SMILES string of the molecule is C[C@H](Cc1ccccc1)NC[C@H](O)c1cccc(O)c1. The van der Waals surface area contributed by atoms with Gasteiger partial charge in [-0.05, 0) is 36.6 Å². The Kier molecular flexibility index (Phi) is 5.16. The van der Waals surface area contributed by atoms with Gasteiger partial charge in [0.2, 0.25) is 0 Å². The third-order valence-corrected chi connectivity index (χ3v) is 3.30. The Morgan fingerprint density at radius 1 is 1.05 bits per heavy atom. The van der Waals surface area contributed by atoms with Crippen molar-refractivity contribution in [3.63, 3.8) is 0 Å². The molecule has 0 aliphatic heterocycles. The fourth-order valence-electron chi connectivity index (χ4n) is 2.20. The second-order valence-electron chi connectivity index (χ2n) is 5.11. The molecule has 0 saturated heterocycles. The van der Waals surface area contributed by atoms with Crippen molar-refractivity contribution < 1.29 is 10.2 Å². The van der Waals surface area contributed by atoms with Crippen LogP contribution in [0.25, 0.3) is 0 Å². The summed E-state index contributed by atoms with van der Waals surface area (Å²) in [5.74, 6) is 0.180. The van der Waals surface area contributed by atoms with Gasteiger partial charge in [-0.3, -0.25) is 0 Å². The highest BCUT2D eigenvalue weighted by atomic mass is 16.3. The van der Waals surface area contributed by atoms with Crippen molar-refractivity contribution in [1.29, 1.82) is 0 Å². The summed E-state index contributed by atoms with van der Waals surface area (Å²) in [6.45, 7) is 2.57. The maximum Gasteiger partial charge on any atom is 0.115 e. The number of hydrogen-bond acceptors (Lipinski definition) is 3. The van der Waals surface area contributed by atoms with Crippen LogP contribution in [0.1, 0.15) is 24.2 Å². The largest absolute Gasteiger partial charge is 0.508 e. The zero-order valence-corrected chi connectivity index (χ0v) is 11.7. The van der Waals surface area contributed by atoms with Gasteiger partial charge in [-0.1, -0.05) is 42.5 Å². The Labute approximate surface area is 119 Å². The molecule has 3 nitrogen and oxygen atoms in total. The molecule has 0 spiro atoms. The fraction of sp³-hybridized carbons (Fsp3) is 0.294. The van der Waals surface area contributed by atoms with E-state index in [-0.39, 0.29) is 11.8 Å². The fourth-order valence-corrected chi connectivity index (χ4v) is 2.20. The third-order valence-electron chi connectivity index (χ3n) is 3.30. The van der Waals surface area contributed by atoms with Crippen LogP contribution in [0.5, 0.6) is 5.75 Å². The number of phenolic OH excluding ortho intramolecular Hbond substituents is 1. The molecule has 3 N–H and O–H groups in total. The molecule has 0 bridgehead atoms. The number of nitrogens with one attached hydrogen (secondary N) is 1. The van der Waals surface area contributed by atoms with Crippen molar-refractivity contribution in [3.8, 4) is 5.75 Å². The lowest BCUT2D eigenvalue weighted by Crippen LogP contribution is -2.32. The van der Waals surface area contributed by atoms with Gasteiger partial charge in [-0.25, -0.2) is 0 Å². The van der Waals surface area contributed by atoms with Crippen molar-refractivity contribution >= 4 is 0 Å². The monoisotopic (exact) mass is 271 g/mol. The molecule has 20 heavy (non-hydrogen) atoms. The Balaban J connectivity index is 1.82. The van der Waals surface area contributed by atoms with Crippen molar-refractivity contribution in [2.24, 2.45) is 0 Å². The smallest absolute Gasteiger partial charge is 0.115 e. The van der Waals surface area contributed by atoms with Gasteiger partial charge < -0.3 is 15.5 Å². The third kappa shape index (κ3) is 4.37. The quantitative estimate of drug-likeness (QED) is 0.757. The molecular weight excluding hydrogens is 250 g/mol. The molecular formula is C17H21NO2. The van der Waals surface area contributed by atoms with E-state index in [1.54, 1.807) is 18.2 Å². The van der Waals surface area contributed by atoms with E-state index in [1.165, 1.54) is 5.56 Å². The van der Waals surface area contributed by atoms with Crippen LogP contribution in [0.3, 0.4) is 0 Å². The van der Waals surface area contributed by atoms with E-state index in [4.69, 9.17) is 0 Å². The predicted octanol–water partition coefficient (Wildman–Crippen LogP) is 2.65. The summed E-state index contributed by atoms with van der Waals surface area (Å²) in [6, 6.07) is 17.3. The van der Waals surface area contributed by atoms with Gasteiger partial charge in [-0.2, -0.15) is 0 Å². The van der Waals surface area contributed by atoms with Crippen molar-refractivity contribution in [3.05, 3.63) is 65.7 Å². The second kappa shape index (κ2) is 7.08. The zero-order valence-electron chi connectivity index (χ0n) is 11.7. The first-order chi connectivity index (χ1) is 9.65. The van der Waals surface area contributed by atoms with Crippen LogP contribution in [0.15, 0.2) is 54.6 Å². The standard InChI is InChI=1S/C17H21NO2/c1-13(10-14-6-3-2-4-7-14)18-12-17(20)15-8-5-9-16(19)11-15/h2-9,11,13,17-20H,10,12H2,1H3/t13-,17+/m1/s1. The summed E-state index contributed by atoms with van der Waals surface area (Å²) >= 11 is 0. The van der Waals surface area contributed by atoms with E-state index in [0.29, 0.717) is 6.54 Å². The molecule has 0 amide bonds. The molecule has 2 atom stereocenters. The van der Waals surface area contributed by atoms with Crippen molar-refractivity contribution in [1.82, 2.24) is 5.32 Å². The molecule has 2 aromatic carbocycles. The lowest BCUT2D eigenvalue weighted by molar-refractivity contribution is 0.170. The molecule has 0 saturated carbocycles. The first-order valence-electron chi connectivity index (χ1n) is 6.89. The van der Waals surface area contributed by atoms with Crippen molar-refractivity contribution in [2.45, 2.75) is 25.5 Å². The molecule has 0 unspecified atom stereocenters. The maximum absolute atomic E-state index is 10.1. The van der Waals surface area contributed by atoms with Gasteiger partial charge in [0.05, 0.1) is 6.10 Å². The average molecular weight is 271 g/mol. The first-order valence-corrected chi connectivity index (χ1v) is 6.89. The Hall–Kier alpha value is -1.84. The minimum absolute atomic E-state index is 0.180. The molecule has 0 radical (unpaired) electrons. The van der Waals surface area contributed by atoms with E-state index in [1.807, 2.05) is 24.3 Å². The second-order valence-corrected chi connectivity index (χ2v) is 5.11. The molecule has 0 aliphatic carbocycles. The highest BCUT2D eigenvalue weighted by Crippen LogP contribution is 2.17. The Bertz CT molecular complexity index is 528. The highest BCUT2D eigenvalue weighted by Gasteiger charge is 2.10. The van der Waals surface area contributed by atoms with E-state index < -0.39 is 6.10 Å². The van der Waals surface area contributed by atoms with Crippen molar-refractivity contribution in [2.75, 3.05) is 6.54 Å².